The van der Waals surface area contributed by atoms with E-state index in [0.717, 1.165) is 43.4 Å². The molecule has 1 aliphatic rings. The molecule has 9 heteroatoms. The molecule has 6 aromatic rings. The number of fused-ring (bicyclic) bond motifs is 2. The fraction of sp³-hybridized carbons (Fsp3) is 0.154. The molecule has 7 nitrogen and oxygen atoms in total. The summed E-state index contributed by atoms with van der Waals surface area (Å²) in [6, 6.07) is 30.7. The Bertz CT molecular complexity index is 2420. The van der Waals surface area contributed by atoms with E-state index in [1.807, 2.05) is 91.9 Å². The normalized spacial score (nSPS) is 14.6. The van der Waals surface area contributed by atoms with Crippen LogP contribution in [0.1, 0.15) is 41.0 Å². The molecule has 0 spiro atoms. The van der Waals surface area contributed by atoms with Gasteiger partial charge in [0.25, 0.3) is 5.56 Å². The van der Waals surface area contributed by atoms with Crippen LogP contribution in [-0.4, -0.2) is 28.8 Å². The average molecular weight is 719 g/mol. The lowest BCUT2D eigenvalue weighted by molar-refractivity contribution is -0.138. The molecule has 0 N–H and O–H groups in total. The molecule has 0 radical (unpaired) electrons. The van der Waals surface area contributed by atoms with Gasteiger partial charge in [-0.05, 0) is 79.6 Å². The lowest BCUT2D eigenvalue weighted by Gasteiger charge is -2.28. The van der Waals surface area contributed by atoms with Crippen molar-refractivity contribution < 1.29 is 14.3 Å². The third-order valence-electron chi connectivity index (χ3n) is 8.64. The van der Waals surface area contributed by atoms with Crippen LogP contribution in [0.5, 0.6) is 5.75 Å². The smallest absolute Gasteiger partial charge is 0.338 e. The standard InChI is InChI=1S/C39H32BrN3O4S/c1-5-47-38(45)34-35(26-12-7-6-8-13-26)41-39-43(36(34)33-30-14-10-9-11-25(30)15-20-31(33)46-4)37(44)32(48-39)22-27-21-23(2)42(24(27)3)29-18-16-28(40)17-19-29/h6-22,36H,5H2,1-4H3/b32-22+/t36-/m0/s1. The SMILES string of the molecule is CCOC(=O)C1=C(c2ccccc2)N=c2s/c(=C/c3cc(C)n(-c4ccc(Br)cc4)c3C)c(=O)n2[C@H]1c1c(OC)ccc2ccccc12. The average Bonchev–Trinajstić information content (AvgIpc) is 3.57. The van der Waals surface area contributed by atoms with Crippen molar-refractivity contribution in [2.24, 2.45) is 4.99 Å². The first-order valence-electron chi connectivity index (χ1n) is 15.6. The first-order valence-corrected chi connectivity index (χ1v) is 17.2. The van der Waals surface area contributed by atoms with Crippen molar-refractivity contribution in [1.82, 2.24) is 9.13 Å². The second-order valence-electron chi connectivity index (χ2n) is 11.5. The summed E-state index contributed by atoms with van der Waals surface area (Å²) in [5.74, 6) is 0.0230. The number of carbonyl (C=O) groups is 1. The number of methoxy groups -OCH3 is 1. The maximum Gasteiger partial charge on any atom is 0.338 e. The molecule has 0 unspecified atom stereocenters. The number of hydrogen-bond acceptors (Lipinski definition) is 6. The third kappa shape index (κ3) is 5.42. The Balaban J connectivity index is 1.54. The summed E-state index contributed by atoms with van der Waals surface area (Å²) >= 11 is 4.83. The van der Waals surface area contributed by atoms with Gasteiger partial charge < -0.3 is 14.0 Å². The number of aromatic nitrogens is 2. The zero-order chi connectivity index (χ0) is 33.5. The number of nitrogens with zero attached hydrogens (tertiary/aromatic N) is 3. The first-order chi connectivity index (χ1) is 23.3. The van der Waals surface area contributed by atoms with Gasteiger partial charge in [0.2, 0.25) is 0 Å². The molecule has 3 heterocycles. The lowest BCUT2D eigenvalue weighted by atomic mass is 9.89. The predicted octanol–water partition coefficient (Wildman–Crippen LogP) is 7.27. The van der Waals surface area contributed by atoms with Crippen LogP contribution in [0.3, 0.4) is 0 Å². The summed E-state index contributed by atoms with van der Waals surface area (Å²) in [5, 5.41) is 1.82. The Labute approximate surface area is 289 Å². The molecule has 48 heavy (non-hydrogen) atoms. The Kier molecular flexibility index (Phi) is 8.49. The van der Waals surface area contributed by atoms with Gasteiger partial charge in [-0.25, -0.2) is 9.79 Å². The van der Waals surface area contributed by atoms with E-state index in [4.69, 9.17) is 14.5 Å². The second kappa shape index (κ2) is 12.9. The highest BCUT2D eigenvalue weighted by molar-refractivity contribution is 9.10. The Hall–Kier alpha value is -4.99. The van der Waals surface area contributed by atoms with Gasteiger partial charge in [-0.1, -0.05) is 87.9 Å². The van der Waals surface area contributed by atoms with E-state index in [1.165, 1.54) is 11.3 Å². The fourth-order valence-electron chi connectivity index (χ4n) is 6.51. The Morgan fingerprint density at radius 2 is 1.71 bits per heavy atom. The van der Waals surface area contributed by atoms with E-state index in [9.17, 15) is 9.59 Å². The van der Waals surface area contributed by atoms with Crippen LogP contribution in [0, 0.1) is 13.8 Å². The maximum absolute atomic E-state index is 14.7. The summed E-state index contributed by atoms with van der Waals surface area (Å²) in [5.41, 5.74) is 5.95. The van der Waals surface area contributed by atoms with Crippen molar-refractivity contribution in [2.45, 2.75) is 26.8 Å². The molecule has 0 bridgehead atoms. The lowest BCUT2D eigenvalue weighted by Crippen LogP contribution is -2.40. The minimum absolute atomic E-state index is 0.169. The Morgan fingerprint density at radius 1 is 0.979 bits per heavy atom. The predicted molar refractivity (Wildman–Crippen MR) is 195 cm³/mol. The summed E-state index contributed by atoms with van der Waals surface area (Å²) < 4.78 is 16.9. The van der Waals surface area contributed by atoms with Gasteiger partial charge in [0, 0.05) is 32.7 Å². The number of carbonyl (C=O) groups excluding carboxylic acids is 1. The van der Waals surface area contributed by atoms with Crippen LogP contribution in [-0.2, 0) is 9.53 Å². The molecule has 1 aliphatic heterocycles. The number of thiazole rings is 1. The second-order valence-corrected chi connectivity index (χ2v) is 13.4. The van der Waals surface area contributed by atoms with E-state index in [0.29, 0.717) is 26.3 Å². The van der Waals surface area contributed by atoms with Gasteiger partial charge in [-0.3, -0.25) is 9.36 Å². The van der Waals surface area contributed by atoms with Crippen molar-refractivity contribution in [3.8, 4) is 11.4 Å². The van der Waals surface area contributed by atoms with Gasteiger partial charge >= 0.3 is 5.97 Å². The molecule has 240 valence electrons. The topological polar surface area (TPSA) is 74.8 Å². The molecule has 4 aromatic carbocycles. The zero-order valence-corrected chi connectivity index (χ0v) is 29.3. The van der Waals surface area contributed by atoms with Crippen molar-refractivity contribution >= 4 is 55.8 Å². The van der Waals surface area contributed by atoms with E-state index in [1.54, 1.807) is 18.6 Å². The minimum Gasteiger partial charge on any atom is -0.496 e. The number of hydrogen-bond donors (Lipinski definition) is 0. The van der Waals surface area contributed by atoms with E-state index < -0.39 is 12.0 Å². The zero-order valence-electron chi connectivity index (χ0n) is 26.9. The number of benzene rings is 4. The summed E-state index contributed by atoms with van der Waals surface area (Å²) in [4.78, 5) is 34.2. The highest BCUT2D eigenvalue weighted by atomic mass is 79.9. The van der Waals surface area contributed by atoms with E-state index in [2.05, 4.69) is 45.6 Å². The van der Waals surface area contributed by atoms with Crippen molar-refractivity contribution in [2.75, 3.05) is 13.7 Å². The molecule has 0 aliphatic carbocycles. The van der Waals surface area contributed by atoms with Gasteiger partial charge in [0.05, 0.1) is 29.5 Å². The fourth-order valence-corrected chi connectivity index (χ4v) is 7.77. The molecule has 0 fully saturated rings. The molecule has 0 saturated carbocycles. The van der Waals surface area contributed by atoms with E-state index >= 15 is 0 Å². The largest absolute Gasteiger partial charge is 0.496 e. The van der Waals surface area contributed by atoms with E-state index in [-0.39, 0.29) is 17.7 Å². The quantitative estimate of drug-likeness (QED) is 0.163. The van der Waals surface area contributed by atoms with Crippen molar-refractivity contribution in [1.29, 1.82) is 0 Å². The molecule has 1 atom stereocenters. The molecule has 2 aromatic heterocycles. The van der Waals surface area contributed by atoms with Gasteiger partial charge in [0.15, 0.2) is 4.80 Å². The molecule has 0 saturated heterocycles. The summed E-state index contributed by atoms with van der Waals surface area (Å²) in [6.45, 7) is 6.04. The maximum atomic E-state index is 14.7. The molecule has 0 amide bonds. The van der Waals surface area contributed by atoms with Crippen LogP contribution < -0.4 is 19.6 Å². The minimum atomic E-state index is -0.867. The number of halogens is 1. The third-order valence-corrected chi connectivity index (χ3v) is 10.2. The number of rotatable bonds is 7. The van der Waals surface area contributed by atoms with Crippen LogP contribution >= 0.6 is 27.3 Å². The highest BCUT2D eigenvalue weighted by Gasteiger charge is 2.37. The van der Waals surface area contributed by atoms with Crippen LogP contribution in [0.2, 0.25) is 0 Å². The molecular formula is C39H32BrN3O4S. The van der Waals surface area contributed by atoms with Gasteiger partial charge in [0.1, 0.15) is 11.8 Å². The van der Waals surface area contributed by atoms with Gasteiger partial charge in [-0.2, -0.15) is 0 Å². The number of aryl methyl sites for hydroxylation is 1. The van der Waals surface area contributed by atoms with Crippen LogP contribution in [0.4, 0.5) is 0 Å². The van der Waals surface area contributed by atoms with Gasteiger partial charge in [-0.15, -0.1) is 0 Å². The van der Waals surface area contributed by atoms with Crippen LogP contribution in [0.15, 0.2) is 117 Å². The van der Waals surface area contributed by atoms with Crippen molar-refractivity contribution in [3.63, 3.8) is 0 Å². The summed E-state index contributed by atoms with van der Waals surface area (Å²) in [7, 11) is 1.60. The number of esters is 1. The summed E-state index contributed by atoms with van der Waals surface area (Å²) in [6.07, 6.45) is 1.93. The van der Waals surface area contributed by atoms with Crippen molar-refractivity contribution in [3.05, 3.63) is 155 Å². The highest BCUT2D eigenvalue weighted by Crippen LogP contribution is 2.42. The molecular weight excluding hydrogens is 686 g/mol. The number of ether oxygens (including phenoxy) is 2. The molecule has 7 rings (SSSR count). The van der Waals surface area contributed by atoms with Crippen LogP contribution in [0.25, 0.3) is 28.2 Å². The Morgan fingerprint density at radius 3 is 2.44 bits per heavy atom. The first kappa shape index (κ1) is 31.6. The monoisotopic (exact) mass is 717 g/mol.